The van der Waals surface area contributed by atoms with Gasteiger partial charge in [0.2, 0.25) is 0 Å². The Kier molecular flexibility index (Phi) is 4.77. The maximum Gasteiger partial charge on any atom is 0.303 e. The largest absolute Gasteiger partial charge is 0.454 e. The van der Waals surface area contributed by atoms with Crippen molar-refractivity contribution >= 4 is 11.8 Å². The van der Waals surface area contributed by atoms with Crippen molar-refractivity contribution in [1.29, 1.82) is 0 Å². The third-order valence-corrected chi connectivity index (χ3v) is 8.28. The number of ketones is 1. The molecule has 4 aliphatic carbocycles. The molecule has 0 aromatic rings. The van der Waals surface area contributed by atoms with E-state index in [2.05, 4.69) is 13.8 Å². The number of allylic oxidation sites excluding steroid dienone is 1. The number of ether oxygens (including phenoxy) is 1. The highest BCUT2D eigenvalue weighted by Crippen LogP contribution is 2.63. The highest BCUT2D eigenvalue weighted by atomic mass is 16.5. The highest BCUT2D eigenvalue weighted by molar-refractivity contribution is 5.96. The van der Waals surface area contributed by atoms with E-state index in [4.69, 9.17) is 4.74 Å². The lowest BCUT2D eigenvalue weighted by molar-refractivity contribution is -0.154. The van der Waals surface area contributed by atoms with Crippen LogP contribution < -0.4 is 0 Å². The summed E-state index contributed by atoms with van der Waals surface area (Å²) in [5.74, 6) is 3.25. The van der Waals surface area contributed by atoms with Gasteiger partial charge in [-0.3, -0.25) is 9.59 Å². The predicted molar refractivity (Wildman–Crippen MR) is 101 cm³/mol. The minimum atomic E-state index is -0.540. The molecule has 2 unspecified atom stereocenters. The van der Waals surface area contributed by atoms with Gasteiger partial charge in [-0.1, -0.05) is 38.7 Å². The van der Waals surface area contributed by atoms with Crippen LogP contribution in [0.3, 0.4) is 0 Å². The summed E-state index contributed by atoms with van der Waals surface area (Å²) < 4.78 is 5.38. The van der Waals surface area contributed by atoms with Crippen molar-refractivity contribution in [3.63, 3.8) is 0 Å². The van der Waals surface area contributed by atoms with Crippen LogP contribution in [-0.4, -0.2) is 17.9 Å². The summed E-state index contributed by atoms with van der Waals surface area (Å²) in [5.41, 5.74) is 1.92. The number of carbonyl (C=O) groups is 2. The van der Waals surface area contributed by atoms with E-state index in [-0.39, 0.29) is 11.8 Å². The summed E-state index contributed by atoms with van der Waals surface area (Å²) in [4.78, 5) is 23.9. The van der Waals surface area contributed by atoms with Crippen molar-refractivity contribution in [2.24, 2.45) is 35.0 Å². The van der Waals surface area contributed by atoms with E-state index in [0.717, 1.165) is 30.6 Å². The van der Waals surface area contributed by atoms with E-state index in [1.54, 1.807) is 0 Å². The first kappa shape index (κ1) is 18.3. The minimum Gasteiger partial charge on any atom is -0.454 e. The standard InChI is InChI=1S/C23H34O3/c1-4-6-15-11-16-12-20(25)21(26-14(2)24)13-18(16)17-8-10-23(3)9-5-7-19(23)22(15)17/h12,15,17-19,21-22H,4-11,13H2,1-3H3/t15?,17-,18+,19+,21?,22-,23+/m1/s1. The summed E-state index contributed by atoms with van der Waals surface area (Å²) in [6, 6.07) is 0. The van der Waals surface area contributed by atoms with Gasteiger partial charge in [-0.05, 0) is 79.6 Å². The predicted octanol–water partition coefficient (Wildman–Crippen LogP) is 5.09. The van der Waals surface area contributed by atoms with Crippen LogP contribution in [0.5, 0.6) is 0 Å². The van der Waals surface area contributed by atoms with E-state index >= 15 is 0 Å². The number of carbonyl (C=O) groups excluding carboxylic acids is 2. The molecule has 0 saturated heterocycles. The van der Waals surface area contributed by atoms with Crippen LogP contribution in [0.15, 0.2) is 11.6 Å². The van der Waals surface area contributed by atoms with Crippen LogP contribution in [-0.2, 0) is 14.3 Å². The number of hydrogen-bond acceptors (Lipinski definition) is 3. The van der Waals surface area contributed by atoms with E-state index < -0.39 is 6.10 Å². The van der Waals surface area contributed by atoms with Crippen molar-refractivity contribution in [3.8, 4) is 0 Å². The van der Waals surface area contributed by atoms with Gasteiger partial charge >= 0.3 is 5.97 Å². The lowest BCUT2D eigenvalue weighted by atomic mass is 9.49. The number of fused-ring (bicyclic) bond motifs is 5. The third-order valence-electron chi connectivity index (χ3n) is 8.28. The molecule has 0 spiro atoms. The molecule has 0 aromatic heterocycles. The lowest BCUT2D eigenvalue weighted by Gasteiger charge is -2.56. The molecule has 3 nitrogen and oxygen atoms in total. The fourth-order valence-corrected chi connectivity index (χ4v) is 7.31. The van der Waals surface area contributed by atoms with Crippen LogP contribution in [0.1, 0.15) is 78.6 Å². The molecule has 3 heteroatoms. The summed E-state index contributed by atoms with van der Waals surface area (Å²) in [6.45, 7) is 6.26. The Balaban J connectivity index is 1.65. The van der Waals surface area contributed by atoms with Crippen LogP contribution in [0, 0.1) is 35.0 Å². The average molecular weight is 359 g/mol. The molecule has 0 amide bonds. The van der Waals surface area contributed by atoms with Crippen LogP contribution in [0.2, 0.25) is 0 Å². The van der Waals surface area contributed by atoms with Gasteiger partial charge in [0.05, 0.1) is 0 Å². The minimum absolute atomic E-state index is 0.0154. The molecule has 0 aliphatic heterocycles. The molecule has 0 N–H and O–H groups in total. The van der Waals surface area contributed by atoms with Crippen molar-refractivity contribution in [2.45, 2.75) is 84.7 Å². The Morgan fingerprint density at radius 2 is 2.12 bits per heavy atom. The summed E-state index contributed by atoms with van der Waals surface area (Å²) in [6.07, 6.45) is 12.5. The van der Waals surface area contributed by atoms with Gasteiger partial charge in [0, 0.05) is 6.92 Å². The Morgan fingerprint density at radius 3 is 2.85 bits per heavy atom. The van der Waals surface area contributed by atoms with Crippen molar-refractivity contribution in [2.75, 3.05) is 0 Å². The zero-order chi connectivity index (χ0) is 18.5. The molecule has 26 heavy (non-hydrogen) atoms. The van der Waals surface area contributed by atoms with E-state index in [1.807, 2.05) is 6.08 Å². The second-order valence-electron chi connectivity index (χ2n) is 9.75. The van der Waals surface area contributed by atoms with Crippen LogP contribution >= 0.6 is 0 Å². The summed E-state index contributed by atoms with van der Waals surface area (Å²) >= 11 is 0. The Labute approximate surface area is 157 Å². The SMILES string of the molecule is CCCC1CC2=CC(=O)C(OC(C)=O)C[C@@H]2[C@H]2CC[C@]3(C)CCC[C@H]3[C@H]12. The Hall–Kier alpha value is -1.12. The smallest absolute Gasteiger partial charge is 0.303 e. The molecule has 0 aromatic carbocycles. The van der Waals surface area contributed by atoms with Gasteiger partial charge in [0.15, 0.2) is 11.9 Å². The monoisotopic (exact) mass is 358 g/mol. The number of rotatable bonds is 3. The summed E-state index contributed by atoms with van der Waals surface area (Å²) in [7, 11) is 0. The van der Waals surface area contributed by atoms with Crippen LogP contribution in [0.4, 0.5) is 0 Å². The maximum absolute atomic E-state index is 12.5. The van der Waals surface area contributed by atoms with Gasteiger partial charge in [-0.25, -0.2) is 0 Å². The average Bonchev–Trinajstić information content (AvgIpc) is 2.97. The maximum atomic E-state index is 12.5. The molecular formula is C23H34O3. The molecule has 3 fully saturated rings. The van der Waals surface area contributed by atoms with Gasteiger partial charge in [0.25, 0.3) is 0 Å². The Morgan fingerprint density at radius 1 is 1.31 bits per heavy atom. The van der Waals surface area contributed by atoms with Crippen LogP contribution in [0.25, 0.3) is 0 Å². The summed E-state index contributed by atoms with van der Waals surface area (Å²) in [5, 5.41) is 0. The van der Waals surface area contributed by atoms with E-state index in [1.165, 1.54) is 57.4 Å². The quantitative estimate of drug-likeness (QED) is 0.660. The van der Waals surface area contributed by atoms with E-state index in [9.17, 15) is 9.59 Å². The van der Waals surface area contributed by atoms with Gasteiger partial charge in [-0.2, -0.15) is 0 Å². The zero-order valence-corrected chi connectivity index (χ0v) is 16.6. The second-order valence-corrected chi connectivity index (χ2v) is 9.75. The van der Waals surface area contributed by atoms with E-state index in [0.29, 0.717) is 17.3 Å². The first-order valence-corrected chi connectivity index (χ1v) is 10.8. The van der Waals surface area contributed by atoms with Crippen molar-refractivity contribution < 1.29 is 14.3 Å². The van der Waals surface area contributed by atoms with Crippen molar-refractivity contribution in [3.05, 3.63) is 11.6 Å². The molecule has 4 aliphatic rings. The molecule has 3 saturated carbocycles. The highest BCUT2D eigenvalue weighted by Gasteiger charge is 2.55. The second kappa shape index (κ2) is 6.80. The molecular weight excluding hydrogens is 324 g/mol. The fourth-order valence-electron chi connectivity index (χ4n) is 7.31. The molecule has 0 heterocycles. The third kappa shape index (κ3) is 2.96. The number of esters is 1. The molecule has 0 radical (unpaired) electrons. The molecule has 0 bridgehead atoms. The van der Waals surface area contributed by atoms with Gasteiger partial charge in [-0.15, -0.1) is 0 Å². The van der Waals surface area contributed by atoms with Crippen molar-refractivity contribution in [1.82, 2.24) is 0 Å². The molecule has 7 atom stereocenters. The molecule has 144 valence electrons. The first-order valence-electron chi connectivity index (χ1n) is 10.8. The number of hydrogen-bond donors (Lipinski definition) is 0. The first-order chi connectivity index (χ1) is 12.4. The normalized spacial score (nSPS) is 44.6. The topological polar surface area (TPSA) is 43.4 Å². The zero-order valence-electron chi connectivity index (χ0n) is 16.6. The fraction of sp³-hybridized carbons (Fsp3) is 0.826. The van der Waals surface area contributed by atoms with Gasteiger partial charge in [0.1, 0.15) is 0 Å². The molecule has 4 rings (SSSR count). The Bertz CT molecular complexity index is 621. The van der Waals surface area contributed by atoms with Gasteiger partial charge < -0.3 is 4.74 Å². The lowest BCUT2D eigenvalue weighted by Crippen LogP contribution is -2.50.